The third-order valence-electron chi connectivity index (χ3n) is 6.47. The van der Waals surface area contributed by atoms with Gasteiger partial charge in [-0.2, -0.15) is 0 Å². The SMILES string of the molecule is CCCCCCCCCCCCOc1cc2c(cc1C(C)(C)CC(C)(C)C)OCCC2. The molecule has 178 valence electrons. The summed E-state index contributed by atoms with van der Waals surface area (Å²) in [5.74, 6) is 2.17. The lowest BCUT2D eigenvalue weighted by Gasteiger charge is -2.35. The highest BCUT2D eigenvalue weighted by atomic mass is 16.5. The molecule has 0 saturated carbocycles. The second kappa shape index (κ2) is 12.8. The van der Waals surface area contributed by atoms with Gasteiger partial charge in [0.1, 0.15) is 11.5 Å². The number of benzene rings is 1. The number of rotatable bonds is 14. The summed E-state index contributed by atoms with van der Waals surface area (Å²) in [5, 5.41) is 0. The maximum atomic E-state index is 6.42. The molecule has 1 heterocycles. The summed E-state index contributed by atoms with van der Waals surface area (Å²) in [6.45, 7) is 15.6. The first-order valence-electron chi connectivity index (χ1n) is 13.2. The number of fused-ring (bicyclic) bond motifs is 1. The van der Waals surface area contributed by atoms with Crippen molar-refractivity contribution in [3.8, 4) is 11.5 Å². The van der Waals surface area contributed by atoms with Crippen molar-refractivity contribution in [3.63, 3.8) is 0 Å². The molecule has 31 heavy (non-hydrogen) atoms. The van der Waals surface area contributed by atoms with E-state index in [-0.39, 0.29) is 10.8 Å². The molecule has 0 radical (unpaired) electrons. The Kier molecular flexibility index (Phi) is 10.7. The lowest BCUT2D eigenvalue weighted by atomic mass is 9.71. The van der Waals surface area contributed by atoms with Crippen molar-refractivity contribution in [1.82, 2.24) is 0 Å². The molecule has 0 atom stereocenters. The molecular formula is C29H50O2. The molecule has 1 aromatic carbocycles. The van der Waals surface area contributed by atoms with Gasteiger partial charge >= 0.3 is 0 Å². The van der Waals surface area contributed by atoms with Crippen LogP contribution in [0.4, 0.5) is 0 Å². The summed E-state index contributed by atoms with van der Waals surface area (Å²) in [6.07, 6.45) is 16.9. The Labute approximate surface area is 193 Å². The van der Waals surface area contributed by atoms with E-state index in [1.165, 1.54) is 68.9 Å². The van der Waals surface area contributed by atoms with Crippen LogP contribution in [0, 0.1) is 5.41 Å². The van der Waals surface area contributed by atoms with Crippen molar-refractivity contribution >= 4 is 0 Å². The van der Waals surface area contributed by atoms with E-state index in [2.05, 4.69) is 53.7 Å². The van der Waals surface area contributed by atoms with Crippen LogP contribution in [0.2, 0.25) is 0 Å². The number of hydrogen-bond donors (Lipinski definition) is 0. The van der Waals surface area contributed by atoms with E-state index in [4.69, 9.17) is 9.47 Å². The maximum Gasteiger partial charge on any atom is 0.123 e. The Morgan fingerprint density at radius 2 is 1.45 bits per heavy atom. The normalized spacial score (nSPS) is 14.3. The minimum absolute atomic E-state index is 0.0567. The molecule has 0 bridgehead atoms. The molecule has 0 aromatic heterocycles. The van der Waals surface area contributed by atoms with Gasteiger partial charge in [-0.25, -0.2) is 0 Å². The van der Waals surface area contributed by atoms with E-state index >= 15 is 0 Å². The van der Waals surface area contributed by atoms with Crippen LogP contribution in [-0.4, -0.2) is 13.2 Å². The molecular weight excluding hydrogens is 380 g/mol. The summed E-state index contributed by atoms with van der Waals surface area (Å²) < 4.78 is 12.4. The number of unbranched alkanes of at least 4 members (excludes halogenated alkanes) is 9. The van der Waals surface area contributed by atoms with Crippen LogP contribution >= 0.6 is 0 Å². The molecule has 0 N–H and O–H groups in total. The van der Waals surface area contributed by atoms with Gasteiger partial charge in [0.15, 0.2) is 0 Å². The first-order chi connectivity index (χ1) is 14.7. The summed E-state index contributed by atoms with van der Waals surface area (Å²) in [5.41, 5.74) is 2.96. The fourth-order valence-corrected chi connectivity index (χ4v) is 5.22. The van der Waals surface area contributed by atoms with E-state index < -0.39 is 0 Å². The molecule has 1 aliphatic heterocycles. The number of hydrogen-bond acceptors (Lipinski definition) is 2. The summed E-state index contributed by atoms with van der Waals surface area (Å²) in [4.78, 5) is 0. The largest absolute Gasteiger partial charge is 0.493 e. The van der Waals surface area contributed by atoms with Gasteiger partial charge in [-0.3, -0.25) is 0 Å². The van der Waals surface area contributed by atoms with Gasteiger partial charge in [-0.1, -0.05) is 99.3 Å². The van der Waals surface area contributed by atoms with Crippen molar-refractivity contribution in [2.24, 2.45) is 5.41 Å². The number of ether oxygens (including phenoxy) is 2. The lowest BCUT2D eigenvalue weighted by molar-refractivity contribution is 0.256. The smallest absolute Gasteiger partial charge is 0.123 e. The molecule has 0 aliphatic carbocycles. The minimum atomic E-state index is 0.0567. The van der Waals surface area contributed by atoms with Gasteiger partial charge in [0.2, 0.25) is 0 Å². The van der Waals surface area contributed by atoms with Crippen LogP contribution in [0.1, 0.15) is 130 Å². The van der Waals surface area contributed by atoms with Crippen LogP contribution < -0.4 is 9.47 Å². The van der Waals surface area contributed by atoms with Crippen LogP contribution in [0.25, 0.3) is 0 Å². The van der Waals surface area contributed by atoms with Crippen molar-refractivity contribution in [1.29, 1.82) is 0 Å². The first kappa shape index (κ1) is 26.1. The maximum absolute atomic E-state index is 6.42. The molecule has 2 heteroatoms. The van der Waals surface area contributed by atoms with Gasteiger partial charge in [0, 0.05) is 5.56 Å². The third kappa shape index (κ3) is 9.46. The first-order valence-corrected chi connectivity index (χ1v) is 13.2. The van der Waals surface area contributed by atoms with Gasteiger partial charge in [0.25, 0.3) is 0 Å². The lowest BCUT2D eigenvalue weighted by Crippen LogP contribution is -2.26. The van der Waals surface area contributed by atoms with E-state index in [9.17, 15) is 0 Å². The molecule has 0 amide bonds. The Morgan fingerprint density at radius 3 is 2.06 bits per heavy atom. The molecule has 0 unspecified atom stereocenters. The summed E-state index contributed by atoms with van der Waals surface area (Å²) in [6, 6.07) is 4.57. The van der Waals surface area contributed by atoms with Gasteiger partial charge in [-0.05, 0) is 54.2 Å². The summed E-state index contributed by atoms with van der Waals surface area (Å²) in [7, 11) is 0. The second-order valence-electron chi connectivity index (χ2n) is 11.6. The molecule has 0 spiro atoms. The zero-order valence-electron chi connectivity index (χ0n) is 21.6. The Bertz CT molecular complexity index is 639. The van der Waals surface area contributed by atoms with Gasteiger partial charge < -0.3 is 9.47 Å². The van der Waals surface area contributed by atoms with E-state index in [1.54, 1.807) is 0 Å². The van der Waals surface area contributed by atoms with E-state index in [1.807, 2.05) is 0 Å². The standard InChI is InChI=1S/C29H50O2/c1-7-8-9-10-11-12-13-14-15-16-19-31-27-21-24-18-17-20-30-26(24)22-25(27)29(5,6)23-28(2,3)4/h21-22H,7-20,23H2,1-6H3. The average molecular weight is 431 g/mol. The van der Waals surface area contributed by atoms with E-state index in [0.717, 1.165) is 50.4 Å². The van der Waals surface area contributed by atoms with Gasteiger partial charge in [0.05, 0.1) is 13.2 Å². The zero-order chi connectivity index (χ0) is 22.7. The Hall–Kier alpha value is -1.18. The quantitative estimate of drug-likeness (QED) is 0.274. The van der Waals surface area contributed by atoms with Crippen LogP contribution in [-0.2, 0) is 11.8 Å². The predicted molar refractivity (Wildman–Crippen MR) is 135 cm³/mol. The van der Waals surface area contributed by atoms with Crippen LogP contribution in [0.15, 0.2) is 12.1 Å². The fourth-order valence-electron chi connectivity index (χ4n) is 5.22. The van der Waals surface area contributed by atoms with Crippen LogP contribution in [0.3, 0.4) is 0 Å². The third-order valence-corrected chi connectivity index (χ3v) is 6.47. The topological polar surface area (TPSA) is 18.5 Å². The molecule has 1 aliphatic rings. The molecule has 0 saturated heterocycles. The van der Waals surface area contributed by atoms with Crippen molar-refractivity contribution in [2.75, 3.05) is 13.2 Å². The summed E-state index contributed by atoms with van der Waals surface area (Å²) >= 11 is 0. The molecule has 2 rings (SSSR count). The molecule has 2 nitrogen and oxygen atoms in total. The van der Waals surface area contributed by atoms with Crippen molar-refractivity contribution in [3.05, 3.63) is 23.3 Å². The predicted octanol–water partition coefficient (Wildman–Crippen LogP) is 9.03. The second-order valence-corrected chi connectivity index (χ2v) is 11.6. The molecule has 0 fully saturated rings. The monoisotopic (exact) mass is 430 g/mol. The van der Waals surface area contributed by atoms with E-state index in [0.29, 0.717) is 0 Å². The van der Waals surface area contributed by atoms with Crippen molar-refractivity contribution in [2.45, 2.75) is 130 Å². The van der Waals surface area contributed by atoms with Gasteiger partial charge in [-0.15, -0.1) is 0 Å². The fraction of sp³-hybridized carbons (Fsp3) is 0.793. The number of aryl methyl sites for hydroxylation is 1. The minimum Gasteiger partial charge on any atom is -0.493 e. The zero-order valence-corrected chi connectivity index (χ0v) is 21.6. The van der Waals surface area contributed by atoms with Crippen LogP contribution in [0.5, 0.6) is 11.5 Å². The highest BCUT2D eigenvalue weighted by molar-refractivity contribution is 5.50. The highest BCUT2D eigenvalue weighted by Gasteiger charge is 2.31. The molecule has 1 aromatic rings. The Balaban J connectivity index is 1.87. The van der Waals surface area contributed by atoms with Crippen molar-refractivity contribution < 1.29 is 9.47 Å². The highest BCUT2D eigenvalue weighted by Crippen LogP contribution is 2.43. The Morgan fingerprint density at radius 1 is 0.839 bits per heavy atom. The average Bonchev–Trinajstić information content (AvgIpc) is 2.69.